The monoisotopic (exact) mass is 283 g/mol. The number of hydrogen-bond donors (Lipinski definition) is 0. The molecule has 0 saturated carbocycles. The topological polar surface area (TPSA) is 42.2 Å². The molecule has 0 aliphatic carbocycles. The standard InChI is InChI=1S/C13H12F3N3O/c14-13(15,16)12-17-6-9-7-19(4-3-11(9)18-12)8-10-2-1-5-20-10/h1-2,5-6H,3-4,7-8H2. The third-order valence-electron chi connectivity index (χ3n) is 3.23. The van der Waals surface area contributed by atoms with E-state index < -0.39 is 12.0 Å². The average Bonchev–Trinajstić information content (AvgIpc) is 2.90. The van der Waals surface area contributed by atoms with E-state index >= 15 is 0 Å². The van der Waals surface area contributed by atoms with Crippen LogP contribution < -0.4 is 0 Å². The van der Waals surface area contributed by atoms with Gasteiger partial charge in [0.15, 0.2) is 0 Å². The summed E-state index contributed by atoms with van der Waals surface area (Å²) < 4.78 is 42.9. The maximum Gasteiger partial charge on any atom is 0.451 e. The number of aromatic nitrogens is 2. The molecule has 3 heterocycles. The first-order valence-electron chi connectivity index (χ1n) is 6.19. The van der Waals surface area contributed by atoms with Crippen molar-refractivity contribution in [1.29, 1.82) is 0 Å². The fraction of sp³-hybridized carbons (Fsp3) is 0.385. The number of rotatable bonds is 2. The van der Waals surface area contributed by atoms with Gasteiger partial charge in [-0.1, -0.05) is 0 Å². The Kier molecular flexibility index (Phi) is 3.21. The minimum absolute atomic E-state index is 0.488. The van der Waals surface area contributed by atoms with Crippen LogP contribution in [0.15, 0.2) is 29.0 Å². The number of furan rings is 1. The lowest BCUT2D eigenvalue weighted by Crippen LogP contribution is -2.31. The average molecular weight is 283 g/mol. The van der Waals surface area contributed by atoms with E-state index in [0.717, 1.165) is 11.3 Å². The predicted octanol–water partition coefficient (Wildman–Crippen LogP) is 2.65. The molecule has 1 aliphatic heterocycles. The molecule has 0 aromatic carbocycles. The minimum Gasteiger partial charge on any atom is -0.468 e. The summed E-state index contributed by atoms with van der Waals surface area (Å²) in [6, 6.07) is 3.69. The highest BCUT2D eigenvalue weighted by atomic mass is 19.4. The van der Waals surface area contributed by atoms with Crippen molar-refractivity contribution in [2.45, 2.75) is 25.7 Å². The molecular weight excluding hydrogens is 271 g/mol. The number of nitrogens with zero attached hydrogens (tertiary/aromatic N) is 3. The second kappa shape index (κ2) is 4.90. The Labute approximate surface area is 113 Å². The van der Waals surface area contributed by atoms with Crippen molar-refractivity contribution in [3.05, 3.63) is 47.4 Å². The molecule has 0 unspecified atom stereocenters. The van der Waals surface area contributed by atoms with Crippen LogP contribution in [0.25, 0.3) is 0 Å². The zero-order valence-corrected chi connectivity index (χ0v) is 10.5. The first kappa shape index (κ1) is 13.1. The maximum absolute atomic E-state index is 12.5. The Morgan fingerprint density at radius 2 is 2.20 bits per heavy atom. The van der Waals surface area contributed by atoms with Crippen LogP contribution in [0.5, 0.6) is 0 Å². The van der Waals surface area contributed by atoms with E-state index in [1.54, 1.807) is 6.26 Å². The molecule has 2 aromatic heterocycles. The van der Waals surface area contributed by atoms with Crippen molar-refractivity contribution in [2.24, 2.45) is 0 Å². The first-order chi connectivity index (χ1) is 9.52. The molecule has 0 bridgehead atoms. The number of alkyl halides is 3. The summed E-state index contributed by atoms with van der Waals surface area (Å²) in [6.45, 7) is 1.82. The highest BCUT2D eigenvalue weighted by molar-refractivity contribution is 5.21. The van der Waals surface area contributed by atoms with E-state index in [9.17, 15) is 13.2 Å². The van der Waals surface area contributed by atoms with E-state index in [1.165, 1.54) is 6.20 Å². The van der Waals surface area contributed by atoms with Crippen molar-refractivity contribution in [3.8, 4) is 0 Å². The van der Waals surface area contributed by atoms with E-state index in [-0.39, 0.29) is 0 Å². The number of halogens is 3. The molecule has 0 amide bonds. The lowest BCUT2D eigenvalue weighted by Gasteiger charge is -2.27. The second-order valence-corrected chi connectivity index (χ2v) is 4.70. The van der Waals surface area contributed by atoms with Gasteiger partial charge in [0, 0.05) is 31.3 Å². The van der Waals surface area contributed by atoms with Crippen LogP contribution in [-0.2, 0) is 25.7 Å². The highest BCUT2D eigenvalue weighted by Gasteiger charge is 2.35. The van der Waals surface area contributed by atoms with Gasteiger partial charge in [0.1, 0.15) is 5.76 Å². The van der Waals surface area contributed by atoms with Gasteiger partial charge in [-0.15, -0.1) is 0 Å². The molecule has 0 atom stereocenters. The molecule has 7 heteroatoms. The van der Waals surface area contributed by atoms with Crippen LogP contribution in [0.1, 0.15) is 22.8 Å². The Morgan fingerprint density at radius 3 is 2.90 bits per heavy atom. The van der Waals surface area contributed by atoms with E-state index in [1.807, 2.05) is 12.1 Å². The van der Waals surface area contributed by atoms with Gasteiger partial charge in [-0.2, -0.15) is 13.2 Å². The van der Waals surface area contributed by atoms with Crippen LogP contribution in [0.4, 0.5) is 13.2 Å². The number of fused-ring (bicyclic) bond motifs is 1. The summed E-state index contributed by atoms with van der Waals surface area (Å²) in [7, 11) is 0. The Morgan fingerprint density at radius 1 is 1.35 bits per heavy atom. The third-order valence-corrected chi connectivity index (χ3v) is 3.23. The van der Waals surface area contributed by atoms with E-state index in [4.69, 9.17) is 4.42 Å². The fourth-order valence-electron chi connectivity index (χ4n) is 2.27. The molecule has 0 fully saturated rings. The Bertz CT molecular complexity index is 595. The van der Waals surface area contributed by atoms with Gasteiger partial charge in [0.05, 0.1) is 18.5 Å². The third kappa shape index (κ3) is 2.67. The van der Waals surface area contributed by atoms with Crippen LogP contribution in [-0.4, -0.2) is 21.4 Å². The summed E-state index contributed by atoms with van der Waals surface area (Å²) in [5.41, 5.74) is 1.24. The minimum atomic E-state index is -4.49. The normalized spacial score (nSPS) is 16.1. The van der Waals surface area contributed by atoms with Crippen LogP contribution in [0.3, 0.4) is 0 Å². The van der Waals surface area contributed by atoms with E-state index in [2.05, 4.69) is 14.9 Å². The molecule has 3 rings (SSSR count). The quantitative estimate of drug-likeness (QED) is 0.849. The molecule has 0 N–H and O–H groups in total. The summed E-state index contributed by atoms with van der Waals surface area (Å²) in [5.74, 6) is -0.225. The van der Waals surface area contributed by atoms with Crippen molar-refractivity contribution in [1.82, 2.24) is 14.9 Å². The van der Waals surface area contributed by atoms with Gasteiger partial charge < -0.3 is 4.42 Å². The zero-order valence-electron chi connectivity index (χ0n) is 10.5. The van der Waals surface area contributed by atoms with Gasteiger partial charge in [-0.25, -0.2) is 9.97 Å². The van der Waals surface area contributed by atoms with Gasteiger partial charge in [0.2, 0.25) is 5.82 Å². The van der Waals surface area contributed by atoms with E-state index in [0.29, 0.717) is 31.7 Å². The zero-order chi connectivity index (χ0) is 14.2. The van der Waals surface area contributed by atoms with Crippen LogP contribution >= 0.6 is 0 Å². The summed E-state index contributed by atoms with van der Waals surface area (Å²) in [4.78, 5) is 9.13. The Hall–Kier alpha value is -1.89. The fourth-order valence-corrected chi connectivity index (χ4v) is 2.27. The molecule has 2 aromatic rings. The predicted molar refractivity (Wildman–Crippen MR) is 63.6 cm³/mol. The van der Waals surface area contributed by atoms with Gasteiger partial charge in [-0.3, -0.25) is 4.90 Å². The SMILES string of the molecule is FC(F)(F)c1ncc2c(n1)CCN(Cc1ccco1)C2. The molecule has 106 valence electrons. The number of hydrogen-bond acceptors (Lipinski definition) is 4. The molecule has 4 nitrogen and oxygen atoms in total. The second-order valence-electron chi connectivity index (χ2n) is 4.70. The summed E-state index contributed by atoms with van der Waals surface area (Å²) in [6.07, 6.45) is -1.12. The molecule has 0 radical (unpaired) electrons. The van der Waals surface area contributed by atoms with Crippen molar-refractivity contribution in [3.63, 3.8) is 0 Å². The van der Waals surface area contributed by atoms with Gasteiger partial charge in [-0.05, 0) is 12.1 Å². The van der Waals surface area contributed by atoms with Crippen LogP contribution in [0, 0.1) is 0 Å². The summed E-state index contributed by atoms with van der Waals surface area (Å²) >= 11 is 0. The van der Waals surface area contributed by atoms with Crippen molar-refractivity contribution >= 4 is 0 Å². The molecule has 0 spiro atoms. The Balaban J connectivity index is 1.75. The molecule has 0 saturated heterocycles. The lowest BCUT2D eigenvalue weighted by atomic mass is 10.1. The van der Waals surface area contributed by atoms with Gasteiger partial charge >= 0.3 is 6.18 Å². The highest BCUT2D eigenvalue weighted by Crippen LogP contribution is 2.27. The van der Waals surface area contributed by atoms with Gasteiger partial charge in [0.25, 0.3) is 0 Å². The first-order valence-corrected chi connectivity index (χ1v) is 6.19. The molecule has 20 heavy (non-hydrogen) atoms. The smallest absolute Gasteiger partial charge is 0.451 e. The lowest BCUT2D eigenvalue weighted by molar-refractivity contribution is -0.145. The summed E-state index contributed by atoms with van der Waals surface area (Å²) in [5, 5.41) is 0. The molecular formula is C13H12F3N3O. The van der Waals surface area contributed by atoms with Crippen LogP contribution in [0.2, 0.25) is 0 Å². The van der Waals surface area contributed by atoms with Crippen molar-refractivity contribution < 1.29 is 17.6 Å². The maximum atomic E-state index is 12.5. The largest absolute Gasteiger partial charge is 0.468 e. The van der Waals surface area contributed by atoms with Crippen molar-refractivity contribution in [2.75, 3.05) is 6.54 Å². The molecule has 1 aliphatic rings.